The summed E-state index contributed by atoms with van der Waals surface area (Å²) in [5.74, 6) is -3.71. The Morgan fingerprint density at radius 2 is 1.54 bits per heavy atom. The molecule has 0 saturated carbocycles. The highest BCUT2D eigenvalue weighted by Crippen LogP contribution is 2.30. The minimum atomic E-state index is -5.10. The van der Waals surface area contributed by atoms with Crippen LogP contribution in [-0.2, 0) is 20.1 Å². The standard InChI is InChI=1S/C15H15F2NO6S2/c1-10-3-5-11(6-4-10)24-26(21,22)14-8-7-12(23-2)9-13(14)18-25(19,20)15(16)17/h3-9,15,18H,1-2H3. The van der Waals surface area contributed by atoms with Crippen molar-refractivity contribution in [2.24, 2.45) is 0 Å². The Bertz CT molecular complexity index is 989. The molecule has 0 saturated heterocycles. The summed E-state index contributed by atoms with van der Waals surface area (Å²) in [6.45, 7) is 1.79. The summed E-state index contributed by atoms with van der Waals surface area (Å²) in [5.41, 5.74) is 0.251. The number of halogens is 2. The Balaban J connectivity index is 2.48. The van der Waals surface area contributed by atoms with Gasteiger partial charge in [0.15, 0.2) is 0 Å². The molecule has 1 N–H and O–H groups in total. The summed E-state index contributed by atoms with van der Waals surface area (Å²) in [5, 5.41) is 0. The molecule has 0 heterocycles. The zero-order chi connectivity index (χ0) is 19.5. The van der Waals surface area contributed by atoms with Gasteiger partial charge < -0.3 is 8.92 Å². The SMILES string of the molecule is COc1ccc(S(=O)(=O)Oc2ccc(C)cc2)c(NS(=O)(=O)C(F)F)c1. The van der Waals surface area contributed by atoms with Crippen LogP contribution in [0, 0.1) is 6.92 Å². The highest BCUT2D eigenvalue weighted by atomic mass is 32.2. The van der Waals surface area contributed by atoms with Gasteiger partial charge in [-0.1, -0.05) is 17.7 Å². The maximum Gasteiger partial charge on any atom is 0.355 e. The fourth-order valence-corrected chi connectivity index (χ4v) is 3.59. The molecule has 0 aromatic heterocycles. The lowest BCUT2D eigenvalue weighted by molar-refractivity contribution is 0.236. The van der Waals surface area contributed by atoms with Crippen LogP contribution in [0.25, 0.3) is 0 Å². The molecule has 0 radical (unpaired) electrons. The number of nitrogens with one attached hydrogen (secondary N) is 1. The van der Waals surface area contributed by atoms with E-state index in [2.05, 4.69) is 0 Å². The molecule has 2 aromatic carbocycles. The fraction of sp³-hybridized carbons (Fsp3) is 0.200. The summed E-state index contributed by atoms with van der Waals surface area (Å²) in [4.78, 5) is -0.636. The number of sulfonamides is 1. The fourth-order valence-electron chi connectivity index (χ4n) is 1.90. The Kier molecular flexibility index (Phi) is 5.71. The van der Waals surface area contributed by atoms with Crippen molar-refractivity contribution in [2.75, 3.05) is 11.8 Å². The molecule has 0 atom stereocenters. The van der Waals surface area contributed by atoms with Crippen LogP contribution in [-0.4, -0.2) is 29.7 Å². The van der Waals surface area contributed by atoms with Gasteiger partial charge in [0.1, 0.15) is 16.4 Å². The van der Waals surface area contributed by atoms with E-state index in [0.29, 0.717) is 0 Å². The van der Waals surface area contributed by atoms with Gasteiger partial charge in [0, 0.05) is 6.07 Å². The van der Waals surface area contributed by atoms with E-state index in [1.165, 1.54) is 25.3 Å². The highest BCUT2D eigenvalue weighted by Gasteiger charge is 2.29. The van der Waals surface area contributed by atoms with Crippen LogP contribution in [0.1, 0.15) is 5.56 Å². The molecule has 0 bridgehead atoms. The third kappa shape index (κ3) is 4.61. The highest BCUT2D eigenvalue weighted by molar-refractivity contribution is 7.93. The lowest BCUT2D eigenvalue weighted by Gasteiger charge is -2.14. The Morgan fingerprint density at radius 3 is 2.08 bits per heavy atom. The normalized spacial score (nSPS) is 12.0. The smallest absolute Gasteiger partial charge is 0.355 e. The second-order valence-corrected chi connectivity index (χ2v) is 8.29. The maximum atomic E-state index is 12.6. The molecule has 2 rings (SSSR count). The summed E-state index contributed by atoms with van der Waals surface area (Å²) >= 11 is 0. The van der Waals surface area contributed by atoms with Crippen molar-refractivity contribution in [3.8, 4) is 11.5 Å². The summed E-state index contributed by atoms with van der Waals surface area (Å²) in [6.07, 6.45) is 0. The number of anilines is 1. The van der Waals surface area contributed by atoms with E-state index in [1.54, 1.807) is 23.8 Å². The molecule has 11 heteroatoms. The average molecular weight is 407 g/mol. The van der Waals surface area contributed by atoms with Crippen LogP contribution in [0.15, 0.2) is 47.4 Å². The van der Waals surface area contributed by atoms with Gasteiger partial charge in [-0.15, -0.1) is 0 Å². The number of hydrogen-bond donors (Lipinski definition) is 1. The molecular formula is C15H15F2NO6S2. The first-order chi connectivity index (χ1) is 12.0. The Morgan fingerprint density at radius 1 is 0.962 bits per heavy atom. The maximum absolute atomic E-state index is 12.6. The molecule has 7 nitrogen and oxygen atoms in total. The predicted octanol–water partition coefficient (Wildman–Crippen LogP) is 2.74. The minimum Gasteiger partial charge on any atom is -0.497 e. The van der Waals surface area contributed by atoms with E-state index in [9.17, 15) is 25.6 Å². The summed E-state index contributed by atoms with van der Waals surface area (Å²) in [7, 11) is -8.36. The minimum absolute atomic E-state index is 0.0194. The first-order valence-corrected chi connectivity index (χ1v) is 9.99. The van der Waals surface area contributed by atoms with Gasteiger partial charge in [0.2, 0.25) is 0 Å². The quantitative estimate of drug-likeness (QED) is 0.709. The first kappa shape index (κ1) is 19.9. The molecule has 2 aromatic rings. The van der Waals surface area contributed by atoms with Crippen molar-refractivity contribution in [3.63, 3.8) is 0 Å². The molecular weight excluding hydrogens is 392 g/mol. The van der Waals surface area contributed by atoms with Crippen LogP contribution < -0.4 is 13.6 Å². The predicted molar refractivity (Wildman–Crippen MR) is 90.5 cm³/mol. The van der Waals surface area contributed by atoms with Gasteiger partial charge in [0.05, 0.1) is 12.8 Å². The molecule has 0 unspecified atom stereocenters. The largest absolute Gasteiger partial charge is 0.497 e. The number of rotatable bonds is 7. The third-order valence-electron chi connectivity index (χ3n) is 3.17. The van der Waals surface area contributed by atoms with Gasteiger partial charge >= 0.3 is 15.9 Å². The van der Waals surface area contributed by atoms with E-state index in [4.69, 9.17) is 8.92 Å². The van der Waals surface area contributed by atoms with E-state index < -0.39 is 36.5 Å². The molecule has 0 fully saturated rings. The number of aryl methyl sites for hydroxylation is 1. The molecule has 0 aliphatic rings. The molecule has 0 aliphatic heterocycles. The second-order valence-electron chi connectivity index (χ2n) is 5.12. The molecule has 0 spiro atoms. The van der Waals surface area contributed by atoms with Crippen LogP contribution in [0.3, 0.4) is 0 Å². The van der Waals surface area contributed by atoms with Crippen molar-refractivity contribution >= 4 is 25.8 Å². The topological polar surface area (TPSA) is 98.8 Å². The lowest BCUT2D eigenvalue weighted by Crippen LogP contribution is -2.22. The third-order valence-corrected chi connectivity index (χ3v) is 5.45. The number of methoxy groups -OCH3 is 1. The van der Waals surface area contributed by atoms with Crippen LogP contribution in [0.2, 0.25) is 0 Å². The zero-order valence-corrected chi connectivity index (χ0v) is 15.3. The van der Waals surface area contributed by atoms with Crippen molar-refractivity contribution in [1.29, 1.82) is 0 Å². The lowest BCUT2D eigenvalue weighted by atomic mass is 10.2. The molecule has 26 heavy (non-hydrogen) atoms. The van der Waals surface area contributed by atoms with Crippen LogP contribution in [0.5, 0.6) is 11.5 Å². The van der Waals surface area contributed by atoms with Gasteiger partial charge in [0.25, 0.3) is 10.0 Å². The monoisotopic (exact) mass is 407 g/mol. The van der Waals surface area contributed by atoms with Gasteiger partial charge in [-0.05, 0) is 31.2 Å². The van der Waals surface area contributed by atoms with Gasteiger partial charge in [-0.25, -0.2) is 8.42 Å². The van der Waals surface area contributed by atoms with Crippen LogP contribution in [0.4, 0.5) is 14.5 Å². The van der Waals surface area contributed by atoms with E-state index in [-0.39, 0.29) is 11.5 Å². The van der Waals surface area contributed by atoms with Crippen molar-refractivity contribution in [2.45, 2.75) is 17.6 Å². The first-order valence-electron chi connectivity index (χ1n) is 7.04. The van der Waals surface area contributed by atoms with Crippen molar-refractivity contribution in [1.82, 2.24) is 0 Å². The zero-order valence-electron chi connectivity index (χ0n) is 13.6. The molecule has 0 amide bonds. The number of alkyl halides is 2. The summed E-state index contributed by atoms with van der Waals surface area (Å²) in [6, 6.07) is 9.21. The Hall–Kier alpha value is -2.40. The van der Waals surface area contributed by atoms with Crippen molar-refractivity contribution < 1.29 is 34.5 Å². The number of ether oxygens (including phenoxy) is 1. The molecule has 142 valence electrons. The van der Waals surface area contributed by atoms with E-state index in [1.807, 2.05) is 0 Å². The van der Waals surface area contributed by atoms with Crippen LogP contribution >= 0.6 is 0 Å². The van der Waals surface area contributed by atoms with Gasteiger partial charge in [-0.2, -0.15) is 17.2 Å². The number of hydrogen-bond acceptors (Lipinski definition) is 6. The number of benzene rings is 2. The van der Waals surface area contributed by atoms with E-state index in [0.717, 1.165) is 17.7 Å². The Labute approximate surface area is 149 Å². The van der Waals surface area contributed by atoms with Crippen molar-refractivity contribution in [3.05, 3.63) is 48.0 Å². The molecule has 0 aliphatic carbocycles. The summed E-state index contributed by atoms with van der Waals surface area (Å²) < 4.78 is 84.4. The van der Waals surface area contributed by atoms with Gasteiger partial charge in [-0.3, -0.25) is 4.72 Å². The average Bonchev–Trinajstić information content (AvgIpc) is 2.56. The van der Waals surface area contributed by atoms with E-state index >= 15 is 0 Å². The second kappa shape index (κ2) is 7.46.